The Balaban J connectivity index is 1.98. The lowest BCUT2D eigenvalue weighted by Crippen LogP contribution is -2.23. The fourth-order valence-electron chi connectivity index (χ4n) is 1.56. The van der Waals surface area contributed by atoms with Crippen LogP contribution in [0.1, 0.15) is 28.6 Å². The standard InChI is InChI=1S/C12H14N2O2/c1-2-11-10(4-6-16-11)12(15)14-8-9-3-5-13-7-9/h3-7,13H,2,8H2,1H3,(H,14,15). The topological polar surface area (TPSA) is 58.0 Å². The quantitative estimate of drug-likeness (QED) is 0.825. The number of nitrogens with one attached hydrogen (secondary N) is 2. The summed E-state index contributed by atoms with van der Waals surface area (Å²) in [6.45, 7) is 2.48. The summed E-state index contributed by atoms with van der Waals surface area (Å²) in [5.41, 5.74) is 1.67. The van der Waals surface area contributed by atoms with Crippen molar-refractivity contribution >= 4 is 5.91 Å². The van der Waals surface area contributed by atoms with Gasteiger partial charge in [0.25, 0.3) is 5.91 Å². The predicted molar refractivity (Wildman–Crippen MR) is 60.0 cm³/mol. The molecule has 0 saturated heterocycles. The number of aryl methyl sites for hydroxylation is 1. The van der Waals surface area contributed by atoms with Gasteiger partial charge in [-0.05, 0) is 17.7 Å². The maximum atomic E-state index is 11.8. The Hall–Kier alpha value is -1.97. The molecule has 0 saturated carbocycles. The van der Waals surface area contributed by atoms with Gasteiger partial charge in [0.05, 0.1) is 11.8 Å². The second-order valence-corrected chi connectivity index (χ2v) is 3.51. The zero-order chi connectivity index (χ0) is 11.4. The molecule has 2 rings (SSSR count). The first-order valence-electron chi connectivity index (χ1n) is 5.27. The predicted octanol–water partition coefficient (Wildman–Crippen LogP) is 2.10. The summed E-state index contributed by atoms with van der Waals surface area (Å²) >= 11 is 0. The third-order valence-electron chi connectivity index (χ3n) is 2.43. The van der Waals surface area contributed by atoms with E-state index in [1.165, 1.54) is 0 Å². The number of carbonyl (C=O) groups excluding carboxylic acids is 1. The van der Waals surface area contributed by atoms with E-state index in [0.717, 1.165) is 17.7 Å². The minimum Gasteiger partial charge on any atom is -0.469 e. The minimum atomic E-state index is -0.0909. The Morgan fingerprint density at radius 3 is 3.06 bits per heavy atom. The van der Waals surface area contributed by atoms with Crippen molar-refractivity contribution in [1.29, 1.82) is 0 Å². The Kier molecular flexibility index (Phi) is 3.10. The monoisotopic (exact) mass is 218 g/mol. The zero-order valence-corrected chi connectivity index (χ0v) is 9.12. The molecule has 0 aliphatic carbocycles. The van der Waals surface area contributed by atoms with Crippen molar-refractivity contribution in [1.82, 2.24) is 10.3 Å². The normalized spacial score (nSPS) is 10.3. The summed E-state index contributed by atoms with van der Waals surface area (Å²) in [6, 6.07) is 3.63. The maximum absolute atomic E-state index is 11.8. The van der Waals surface area contributed by atoms with Crippen LogP contribution in [0.2, 0.25) is 0 Å². The largest absolute Gasteiger partial charge is 0.469 e. The van der Waals surface area contributed by atoms with Gasteiger partial charge in [-0.25, -0.2) is 0 Å². The van der Waals surface area contributed by atoms with Gasteiger partial charge in [0, 0.05) is 25.4 Å². The summed E-state index contributed by atoms with van der Waals surface area (Å²) in [4.78, 5) is 14.7. The van der Waals surface area contributed by atoms with E-state index >= 15 is 0 Å². The van der Waals surface area contributed by atoms with Crippen LogP contribution in [0.15, 0.2) is 35.2 Å². The molecule has 0 aliphatic rings. The van der Waals surface area contributed by atoms with E-state index in [9.17, 15) is 4.79 Å². The van der Waals surface area contributed by atoms with Crippen molar-refractivity contribution in [3.8, 4) is 0 Å². The summed E-state index contributed by atoms with van der Waals surface area (Å²) in [6.07, 6.45) is 5.96. The van der Waals surface area contributed by atoms with E-state index in [2.05, 4.69) is 10.3 Å². The van der Waals surface area contributed by atoms with Crippen molar-refractivity contribution in [3.05, 3.63) is 47.7 Å². The van der Waals surface area contributed by atoms with Crippen LogP contribution in [0, 0.1) is 0 Å². The molecule has 2 aromatic heterocycles. The lowest BCUT2D eigenvalue weighted by atomic mass is 10.2. The Bertz CT molecular complexity index is 457. The molecule has 4 nitrogen and oxygen atoms in total. The highest BCUT2D eigenvalue weighted by molar-refractivity contribution is 5.95. The molecule has 2 aromatic rings. The third-order valence-corrected chi connectivity index (χ3v) is 2.43. The fourth-order valence-corrected chi connectivity index (χ4v) is 1.56. The molecule has 0 radical (unpaired) electrons. The molecule has 1 amide bonds. The number of rotatable bonds is 4. The average Bonchev–Trinajstić information content (AvgIpc) is 2.96. The second kappa shape index (κ2) is 4.70. The number of hydrogen-bond donors (Lipinski definition) is 2. The van der Waals surface area contributed by atoms with Gasteiger partial charge in [0.2, 0.25) is 0 Å². The van der Waals surface area contributed by atoms with Gasteiger partial charge in [0.1, 0.15) is 5.76 Å². The first-order valence-corrected chi connectivity index (χ1v) is 5.27. The van der Waals surface area contributed by atoms with Gasteiger partial charge >= 0.3 is 0 Å². The highest BCUT2D eigenvalue weighted by Gasteiger charge is 2.12. The highest BCUT2D eigenvalue weighted by Crippen LogP contribution is 2.11. The Morgan fingerprint density at radius 1 is 1.50 bits per heavy atom. The van der Waals surface area contributed by atoms with Crippen LogP contribution in [0.25, 0.3) is 0 Å². The van der Waals surface area contributed by atoms with Crippen molar-refractivity contribution in [3.63, 3.8) is 0 Å². The molecule has 0 unspecified atom stereocenters. The summed E-state index contributed by atoms with van der Waals surface area (Å²) in [5.74, 6) is 0.637. The van der Waals surface area contributed by atoms with Crippen molar-refractivity contribution in [2.45, 2.75) is 19.9 Å². The number of amides is 1. The molecular formula is C12H14N2O2. The number of furan rings is 1. The number of aromatic nitrogens is 1. The van der Waals surface area contributed by atoms with Crippen LogP contribution in [-0.4, -0.2) is 10.9 Å². The first kappa shape index (κ1) is 10.5. The molecule has 16 heavy (non-hydrogen) atoms. The lowest BCUT2D eigenvalue weighted by molar-refractivity contribution is 0.0949. The molecule has 4 heteroatoms. The molecule has 0 spiro atoms. The Labute approximate surface area is 93.7 Å². The van der Waals surface area contributed by atoms with Gasteiger partial charge in [0.15, 0.2) is 0 Å². The Morgan fingerprint density at radius 2 is 2.38 bits per heavy atom. The first-order chi connectivity index (χ1) is 7.81. The average molecular weight is 218 g/mol. The molecule has 84 valence electrons. The van der Waals surface area contributed by atoms with E-state index < -0.39 is 0 Å². The van der Waals surface area contributed by atoms with Gasteiger partial charge in [-0.2, -0.15) is 0 Å². The smallest absolute Gasteiger partial charge is 0.255 e. The number of H-pyrrole nitrogens is 1. The van der Waals surface area contributed by atoms with Crippen LogP contribution in [0.3, 0.4) is 0 Å². The van der Waals surface area contributed by atoms with Crippen LogP contribution in [0.5, 0.6) is 0 Å². The van der Waals surface area contributed by atoms with Gasteiger partial charge in [-0.15, -0.1) is 0 Å². The SMILES string of the molecule is CCc1occc1C(=O)NCc1cc[nH]c1. The fraction of sp³-hybridized carbons (Fsp3) is 0.250. The molecular weight excluding hydrogens is 204 g/mol. The van der Waals surface area contributed by atoms with E-state index in [1.807, 2.05) is 25.4 Å². The second-order valence-electron chi connectivity index (χ2n) is 3.51. The van der Waals surface area contributed by atoms with E-state index in [-0.39, 0.29) is 5.91 Å². The van der Waals surface area contributed by atoms with Gasteiger partial charge < -0.3 is 14.7 Å². The molecule has 0 aliphatic heterocycles. The third kappa shape index (κ3) is 2.16. The number of aromatic amines is 1. The minimum absolute atomic E-state index is 0.0909. The van der Waals surface area contributed by atoms with Crippen LogP contribution in [0.4, 0.5) is 0 Å². The van der Waals surface area contributed by atoms with Crippen LogP contribution < -0.4 is 5.32 Å². The molecule has 0 atom stereocenters. The number of carbonyl (C=O) groups is 1. The zero-order valence-electron chi connectivity index (χ0n) is 9.12. The summed E-state index contributed by atoms with van der Waals surface area (Å²) in [7, 11) is 0. The number of hydrogen-bond acceptors (Lipinski definition) is 2. The molecule has 0 bridgehead atoms. The van der Waals surface area contributed by atoms with Crippen molar-refractivity contribution in [2.24, 2.45) is 0 Å². The lowest BCUT2D eigenvalue weighted by Gasteiger charge is -2.02. The highest BCUT2D eigenvalue weighted by atomic mass is 16.3. The molecule has 2 N–H and O–H groups in total. The van der Waals surface area contributed by atoms with Crippen LogP contribution >= 0.6 is 0 Å². The van der Waals surface area contributed by atoms with Gasteiger partial charge in [-0.3, -0.25) is 4.79 Å². The molecule has 2 heterocycles. The van der Waals surface area contributed by atoms with Crippen molar-refractivity contribution in [2.75, 3.05) is 0 Å². The maximum Gasteiger partial charge on any atom is 0.255 e. The molecule has 0 aromatic carbocycles. The molecule has 0 fully saturated rings. The van der Waals surface area contributed by atoms with Crippen LogP contribution in [-0.2, 0) is 13.0 Å². The van der Waals surface area contributed by atoms with E-state index in [0.29, 0.717) is 12.1 Å². The summed E-state index contributed by atoms with van der Waals surface area (Å²) < 4.78 is 5.20. The van der Waals surface area contributed by atoms with E-state index in [1.54, 1.807) is 12.3 Å². The van der Waals surface area contributed by atoms with Crippen molar-refractivity contribution < 1.29 is 9.21 Å². The van der Waals surface area contributed by atoms with Gasteiger partial charge in [-0.1, -0.05) is 6.92 Å². The van der Waals surface area contributed by atoms with E-state index in [4.69, 9.17) is 4.42 Å². The summed E-state index contributed by atoms with van der Waals surface area (Å²) in [5, 5.41) is 2.84.